The SMILES string of the molecule is CC[C@H]1O[C@@H](Oc2cc3c(c4ccccc24)[C@H](CCl)CN3)[C@H](OC(C)=O)[C@H](OC(C)=O)[C@H]1OC(C)=O. The fraction of sp³-hybridized carbons (Fsp3) is 0.500. The van der Waals surface area contributed by atoms with Crippen LogP contribution in [0.4, 0.5) is 5.69 Å². The molecule has 0 saturated carbocycles. The van der Waals surface area contributed by atoms with Gasteiger partial charge in [-0.25, -0.2) is 0 Å². The van der Waals surface area contributed by atoms with Crippen molar-refractivity contribution in [1.29, 1.82) is 0 Å². The fourth-order valence-corrected chi connectivity index (χ4v) is 5.18. The second kappa shape index (κ2) is 10.9. The van der Waals surface area contributed by atoms with Gasteiger partial charge in [0.1, 0.15) is 11.9 Å². The number of esters is 3. The lowest BCUT2D eigenvalue weighted by molar-refractivity contribution is -0.283. The summed E-state index contributed by atoms with van der Waals surface area (Å²) < 4.78 is 29.1. The molecule has 36 heavy (non-hydrogen) atoms. The third-order valence-corrected chi connectivity index (χ3v) is 6.70. The van der Waals surface area contributed by atoms with Crippen LogP contribution in [-0.4, -0.2) is 61.0 Å². The van der Waals surface area contributed by atoms with Gasteiger partial charge in [-0.05, 0) is 17.4 Å². The zero-order chi connectivity index (χ0) is 26.0. The Bertz CT molecular complexity index is 1150. The van der Waals surface area contributed by atoms with Crippen molar-refractivity contribution in [2.75, 3.05) is 17.7 Å². The van der Waals surface area contributed by atoms with Gasteiger partial charge in [0, 0.05) is 56.3 Å². The number of rotatable bonds is 7. The van der Waals surface area contributed by atoms with E-state index in [1.807, 2.05) is 37.3 Å². The standard InChI is InChI=1S/C26H30ClNO8/c1-5-20-23(32-13(2)29)24(33-14(3)30)25(34-15(4)31)26(35-20)36-21-10-19-22(16(11-27)12-28-19)18-9-7-6-8-17(18)21/h6-10,16,20,23-26,28H,5,11-12H2,1-4H3/t16-,20-,23+,24-,25-,26+/m1/s1. The molecule has 0 unspecified atom stereocenters. The average molecular weight is 520 g/mol. The average Bonchev–Trinajstić information content (AvgIpc) is 3.25. The van der Waals surface area contributed by atoms with Crippen LogP contribution in [0.1, 0.15) is 45.6 Å². The highest BCUT2D eigenvalue weighted by atomic mass is 35.5. The van der Waals surface area contributed by atoms with Gasteiger partial charge in [-0.2, -0.15) is 0 Å². The van der Waals surface area contributed by atoms with Gasteiger partial charge in [0.2, 0.25) is 12.4 Å². The Labute approximate surface area is 214 Å². The highest BCUT2D eigenvalue weighted by molar-refractivity contribution is 6.18. The molecule has 0 aliphatic carbocycles. The maximum absolute atomic E-state index is 12.1. The zero-order valence-corrected chi connectivity index (χ0v) is 21.4. The summed E-state index contributed by atoms with van der Waals surface area (Å²) >= 11 is 6.22. The van der Waals surface area contributed by atoms with E-state index >= 15 is 0 Å². The van der Waals surface area contributed by atoms with Crippen LogP contribution in [-0.2, 0) is 33.3 Å². The van der Waals surface area contributed by atoms with Gasteiger partial charge in [0.05, 0.1) is 0 Å². The number of fused-ring (bicyclic) bond motifs is 3. The maximum atomic E-state index is 12.1. The van der Waals surface area contributed by atoms with Crippen molar-refractivity contribution in [2.45, 2.75) is 70.7 Å². The lowest BCUT2D eigenvalue weighted by Gasteiger charge is -2.44. The van der Waals surface area contributed by atoms with Gasteiger partial charge < -0.3 is 29.0 Å². The number of nitrogens with one attached hydrogen (secondary N) is 1. The van der Waals surface area contributed by atoms with Crippen LogP contribution in [0.5, 0.6) is 5.75 Å². The van der Waals surface area contributed by atoms with Gasteiger partial charge in [-0.1, -0.05) is 31.2 Å². The van der Waals surface area contributed by atoms with Crippen molar-refractivity contribution in [3.05, 3.63) is 35.9 Å². The van der Waals surface area contributed by atoms with E-state index in [4.69, 9.17) is 35.3 Å². The number of ether oxygens (including phenoxy) is 5. The smallest absolute Gasteiger partial charge is 0.303 e. The van der Waals surface area contributed by atoms with E-state index in [0.717, 1.165) is 22.0 Å². The van der Waals surface area contributed by atoms with Crippen molar-refractivity contribution in [3.8, 4) is 5.75 Å². The van der Waals surface area contributed by atoms with E-state index in [1.165, 1.54) is 20.8 Å². The molecule has 2 heterocycles. The van der Waals surface area contributed by atoms with Gasteiger partial charge in [0.25, 0.3) is 0 Å². The fourth-order valence-electron chi connectivity index (χ4n) is 4.92. The molecular weight excluding hydrogens is 490 g/mol. The summed E-state index contributed by atoms with van der Waals surface area (Å²) in [5.41, 5.74) is 2.02. The molecule has 1 saturated heterocycles. The first-order valence-electron chi connectivity index (χ1n) is 11.9. The van der Waals surface area contributed by atoms with Crippen LogP contribution in [0.3, 0.4) is 0 Å². The van der Waals surface area contributed by atoms with Gasteiger partial charge in [0.15, 0.2) is 12.2 Å². The normalized spacial score (nSPS) is 27.0. The second-order valence-corrected chi connectivity index (χ2v) is 9.21. The molecule has 9 nitrogen and oxygen atoms in total. The topological polar surface area (TPSA) is 109 Å². The summed E-state index contributed by atoms with van der Waals surface area (Å²) in [5.74, 6) is -0.700. The van der Waals surface area contributed by atoms with Gasteiger partial charge in [-0.15, -0.1) is 11.6 Å². The van der Waals surface area contributed by atoms with Crippen LogP contribution >= 0.6 is 11.6 Å². The summed E-state index contributed by atoms with van der Waals surface area (Å²) in [4.78, 5) is 35.9. The number of carbonyl (C=O) groups is 3. The molecule has 1 N–H and O–H groups in total. The second-order valence-electron chi connectivity index (χ2n) is 8.90. The van der Waals surface area contributed by atoms with Crippen LogP contribution in [0.15, 0.2) is 30.3 Å². The van der Waals surface area contributed by atoms with Crippen molar-refractivity contribution in [3.63, 3.8) is 0 Å². The Morgan fingerprint density at radius 2 is 1.58 bits per heavy atom. The number of benzene rings is 2. The number of hydrogen-bond acceptors (Lipinski definition) is 9. The molecule has 2 aromatic carbocycles. The molecule has 0 spiro atoms. The molecule has 0 bridgehead atoms. The Kier molecular flexibility index (Phi) is 7.90. The monoisotopic (exact) mass is 519 g/mol. The first kappa shape index (κ1) is 26.0. The summed E-state index contributed by atoms with van der Waals surface area (Å²) in [6.07, 6.45) is -4.68. The molecule has 194 valence electrons. The molecule has 0 amide bonds. The minimum Gasteiger partial charge on any atom is -0.460 e. The summed E-state index contributed by atoms with van der Waals surface area (Å²) in [6, 6.07) is 9.66. The molecule has 2 aromatic rings. The van der Waals surface area contributed by atoms with E-state index in [0.29, 0.717) is 24.6 Å². The number of alkyl halides is 1. The van der Waals surface area contributed by atoms with Crippen LogP contribution in [0.2, 0.25) is 0 Å². The first-order chi connectivity index (χ1) is 17.2. The molecule has 2 aliphatic rings. The minimum absolute atomic E-state index is 0.155. The van der Waals surface area contributed by atoms with Gasteiger partial charge >= 0.3 is 17.9 Å². The Morgan fingerprint density at radius 3 is 2.19 bits per heavy atom. The van der Waals surface area contributed by atoms with Crippen molar-refractivity contribution < 1.29 is 38.1 Å². The number of anilines is 1. The van der Waals surface area contributed by atoms with Crippen molar-refractivity contribution >= 4 is 46.0 Å². The molecule has 0 radical (unpaired) electrons. The highest BCUT2D eigenvalue weighted by Crippen LogP contribution is 2.43. The summed E-state index contributed by atoms with van der Waals surface area (Å²) in [5, 5.41) is 5.20. The Hall–Kier alpha value is -3.04. The quantitative estimate of drug-likeness (QED) is 0.331. The van der Waals surface area contributed by atoms with E-state index < -0.39 is 48.6 Å². The lowest BCUT2D eigenvalue weighted by Crippen LogP contribution is -2.62. The molecule has 1 fully saturated rings. The zero-order valence-electron chi connectivity index (χ0n) is 20.6. The van der Waals surface area contributed by atoms with E-state index in [9.17, 15) is 14.4 Å². The molecule has 6 atom stereocenters. The molecular formula is C26H30ClNO8. The van der Waals surface area contributed by atoms with Crippen molar-refractivity contribution in [1.82, 2.24) is 0 Å². The summed E-state index contributed by atoms with van der Waals surface area (Å²) in [7, 11) is 0. The number of halogens is 1. The number of carbonyl (C=O) groups excluding carboxylic acids is 3. The van der Waals surface area contributed by atoms with E-state index in [1.54, 1.807) is 0 Å². The Balaban J connectivity index is 1.77. The lowest BCUT2D eigenvalue weighted by atomic mass is 9.95. The van der Waals surface area contributed by atoms with Crippen LogP contribution < -0.4 is 10.1 Å². The number of hydrogen-bond donors (Lipinski definition) is 1. The van der Waals surface area contributed by atoms with E-state index in [2.05, 4.69) is 5.32 Å². The minimum atomic E-state index is -1.19. The molecule has 2 aliphatic heterocycles. The van der Waals surface area contributed by atoms with Crippen LogP contribution in [0, 0.1) is 0 Å². The molecule has 0 aromatic heterocycles. The predicted octanol–water partition coefficient (Wildman–Crippen LogP) is 3.90. The third kappa shape index (κ3) is 5.22. The first-order valence-corrected chi connectivity index (χ1v) is 12.5. The third-order valence-electron chi connectivity index (χ3n) is 6.32. The molecule has 10 heteroatoms. The largest absolute Gasteiger partial charge is 0.460 e. The maximum Gasteiger partial charge on any atom is 0.303 e. The summed E-state index contributed by atoms with van der Waals surface area (Å²) in [6.45, 7) is 6.26. The molecule has 4 rings (SSSR count). The van der Waals surface area contributed by atoms with Crippen molar-refractivity contribution in [2.24, 2.45) is 0 Å². The Morgan fingerprint density at radius 1 is 0.972 bits per heavy atom. The van der Waals surface area contributed by atoms with E-state index in [-0.39, 0.29) is 5.92 Å². The highest BCUT2D eigenvalue weighted by Gasteiger charge is 2.52. The van der Waals surface area contributed by atoms with Gasteiger partial charge in [-0.3, -0.25) is 14.4 Å². The predicted molar refractivity (Wildman–Crippen MR) is 132 cm³/mol. The van der Waals surface area contributed by atoms with Crippen LogP contribution in [0.25, 0.3) is 10.8 Å².